The largest absolute Gasteiger partial charge is 0.460 e. The molecule has 2 aromatic carbocycles. The number of esters is 2. The summed E-state index contributed by atoms with van der Waals surface area (Å²) in [7, 11) is 0. The van der Waals surface area contributed by atoms with E-state index in [0.29, 0.717) is 24.3 Å². The Labute approximate surface area is 200 Å². The minimum atomic E-state index is -0.446. The van der Waals surface area contributed by atoms with Gasteiger partial charge in [0.15, 0.2) is 6.61 Å². The van der Waals surface area contributed by atoms with Gasteiger partial charge in [-0.1, -0.05) is 63.2 Å². The summed E-state index contributed by atoms with van der Waals surface area (Å²) in [5.74, 6) is 0.550. The number of fused-ring (bicyclic) bond motifs is 2. The van der Waals surface area contributed by atoms with E-state index in [2.05, 4.69) is 49.9 Å². The van der Waals surface area contributed by atoms with Crippen LogP contribution in [-0.2, 0) is 19.1 Å². The standard InChI is InChI=1S/C27H33NO4S/c1-18(2)20-13-12-19(3)16-23(20)32-27(30)17-31-26(29)14-15-28-21-8-4-6-10-24(21)33-25-11-7-5-9-22(25)28/h4-11,18-20,23H,12-17H2,1-3H3/t19-,20-,23+/m1/s1. The first-order valence-electron chi connectivity index (χ1n) is 11.9. The van der Waals surface area contributed by atoms with Gasteiger partial charge in [-0.25, -0.2) is 4.79 Å². The first-order chi connectivity index (χ1) is 15.9. The van der Waals surface area contributed by atoms with Gasteiger partial charge >= 0.3 is 11.9 Å². The number of benzene rings is 2. The van der Waals surface area contributed by atoms with Gasteiger partial charge in [0, 0.05) is 16.3 Å². The van der Waals surface area contributed by atoms with Gasteiger partial charge in [-0.05, 0) is 54.9 Å². The highest BCUT2D eigenvalue weighted by Crippen LogP contribution is 2.47. The fraction of sp³-hybridized carbons (Fsp3) is 0.481. The zero-order valence-electron chi connectivity index (χ0n) is 19.7. The SMILES string of the molecule is CC(C)[C@H]1CC[C@@H](C)C[C@@H]1OC(=O)COC(=O)CCN1c2ccccc2Sc2ccccc21. The third-order valence-corrected chi connectivity index (χ3v) is 7.80. The van der Waals surface area contributed by atoms with Crippen molar-refractivity contribution >= 4 is 35.1 Å². The second-order valence-electron chi connectivity index (χ2n) is 9.45. The molecular formula is C27H33NO4S. The molecule has 0 bridgehead atoms. The number of anilines is 2. The normalized spacial score (nSPS) is 21.8. The van der Waals surface area contributed by atoms with E-state index < -0.39 is 11.9 Å². The fourth-order valence-corrected chi connectivity index (χ4v) is 5.99. The van der Waals surface area contributed by atoms with E-state index in [1.165, 1.54) is 6.42 Å². The van der Waals surface area contributed by atoms with Gasteiger partial charge in [0.2, 0.25) is 0 Å². The number of ether oxygens (including phenoxy) is 2. The van der Waals surface area contributed by atoms with Crippen LogP contribution in [0.3, 0.4) is 0 Å². The molecule has 0 unspecified atom stereocenters. The van der Waals surface area contributed by atoms with Gasteiger partial charge in [0.1, 0.15) is 6.10 Å². The summed E-state index contributed by atoms with van der Waals surface area (Å²) in [6, 6.07) is 16.4. The van der Waals surface area contributed by atoms with Crippen molar-refractivity contribution in [3.63, 3.8) is 0 Å². The minimum absolute atomic E-state index is 0.0844. The molecule has 1 fully saturated rings. The van der Waals surface area contributed by atoms with Crippen LogP contribution in [0.25, 0.3) is 0 Å². The molecule has 2 aliphatic rings. The van der Waals surface area contributed by atoms with Gasteiger partial charge in [0.25, 0.3) is 0 Å². The number of hydrogen-bond acceptors (Lipinski definition) is 6. The summed E-state index contributed by atoms with van der Waals surface area (Å²) in [5.41, 5.74) is 2.17. The summed E-state index contributed by atoms with van der Waals surface area (Å²) in [5, 5.41) is 0. The van der Waals surface area contributed by atoms with Crippen LogP contribution in [0.15, 0.2) is 58.3 Å². The predicted octanol–water partition coefficient (Wildman–Crippen LogP) is 6.23. The van der Waals surface area contributed by atoms with Crippen LogP contribution in [-0.4, -0.2) is 31.2 Å². The number of nitrogens with zero attached hydrogens (tertiary/aromatic N) is 1. The minimum Gasteiger partial charge on any atom is -0.460 e. The Morgan fingerprint density at radius 3 is 2.27 bits per heavy atom. The first-order valence-corrected chi connectivity index (χ1v) is 12.7. The summed E-state index contributed by atoms with van der Waals surface area (Å²) in [6.07, 6.45) is 3.24. The number of para-hydroxylation sites is 2. The van der Waals surface area contributed by atoms with E-state index in [1.54, 1.807) is 11.8 Å². The van der Waals surface area contributed by atoms with Crippen molar-refractivity contribution in [2.45, 2.75) is 62.3 Å². The van der Waals surface area contributed by atoms with Crippen LogP contribution in [0.4, 0.5) is 11.4 Å². The lowest BCUT2D eigenvalue weighted by atomic mass is 9.75. The lowest BCUT2D eigenvalue weighted by Gasteiger charge is -2.36. The predicted molar refractivity (Wildman–Crippen MR) is 131 cm³/mol. The Morgan fingerprint density at radius 1 is 1.00 bits per heavy atom. The van der Waals surface area contributed by atoms with Crippen LogP contribution in [0.2, 0.25) is 0 Å². The third-order valence-electron chi connectivity index (χ3n) is 6.67. The second-order valence-corrected chi connectivity index (χ2v) is 10.5. The molecule has 1 aliphatic carbocycles. The fourth-order valence-electron chi connectivity index (χ4n) is 4.89. The summed E-state index contributed by atoms with van der Waals surface area (Å²) < 4.78 is 11.0. The van der Waals surface area contributed by atoms with E-state index >= 15 is 0 Å². The molecule has 33 heavy (non-hydrogen) atoms. The van der Waals surface area contributed by atoms with Crippen molar-refractivity contribution in [1.29, 1.82) is 0 Å². The number of carbonyl (C=O) groups excluding carboxylic acids is 2. The maximum atomic E-state index is 12.5. The van der Waals surface area contributed by atoms with Crippen molar-refractivity contribution < 1.29 is 19.1 Å². The van der Waals surface area contributed by atoms with Gasteiger partial charge < -0.3 is 14.4 Å². The van der Waals surface area contributed by atoms with Crippen LogP contribution < -0.4 is 4.90 Å². The molecule has 1 heterocycles. The topological polar surface area (TPSA) is 55.8 Å². The summed E-state index contributed by atoms with van der Waals surface area (Å²) in [4.78, 5) is 29.4. The number of hydrogen-bond donors (Lipinski definition) is 0. The summed E-state index contributed by atoms with van der Waals surface area (Å²) in [6.45, 7) is 6.72. The molecule has 4 rings (SSSR count). The smallest absolute Gasteiger partial charge is 0.344 e. The molecule has 6 heteroatoms. The number of carbonyl (C=O) groups is 2. The highest BCUT2D eigenvalue weighted by atomic mass is 32.2. The van der Waals surface area contributed by atoms with E-state index in [4.69, 9.17) is 9.47 Å². The Kier molecular flexibility index (Phi) is 7.63. The van der Waals surface area contributed by atoms with Crippen LogP contribution >= 0.6 is 11.8 Å². The van der Waals surface area contributed by atoms with Crippen LogP contribution in [0.1, 0.15) is 46.5 Å². The molecule has 3 atom stereocenters. The lowest BCUT2D eigenvalue weighted by Crippen LogP contribution is -2.37. The highest BCUT2D eigenvalue weighted by Gasteiger charge is 2.33. The maximum absolute atomic E-state index is 12.5. The molecular weight excluding hydrogens is 434 g/mol. The van der Waals surface area contributed by atoms with E-state index in [1.807, 2.05) is 24.3 Å². The van der Waals surface area contributed by atoms with E-state index in [0.717, 1.165) is 34.0 Å². The van der Waals surface area contributed by atoms with Crippen molar-refractivity contribution in [3.05, 3.63) is 48.5 Å². The molecule has 0 radical (unpaired) electrons. The average Bonchev–Trinajstić information content (AvgIpc) is 2.80. The monoisotopic (exact) mass is 467 g/mol. The third kappa shape index (κ3) is 5.72. The Morgan fingerprint density at radius 2 is 1.64 bits per heavy atom. The van der Waals surface area contributed by atoms with Crippen LogP contribution in [0, 0.1) is 17.8 Å². The average molecular weight is 468 g/mol. The zero-order chi connectivity index (χ0) is 23.4. The van der Waals surface area contributed by atoms with Crippen molar-refractivity contribution in [1.82, 2.24) is 0 Å². The molecule has 1 aliphatic heterocycles. The molecule has 5 nitrogen and oxygen atoms in total. The zero-order valence-corrected chi connectivity index (χ0v) is 20.5. The van der Waals surface area contributed by atoms with Crippen molar-refractivity contribution in [2.75, 3.05) is 18.1 Å². The first kappa shape index (κ1) is 23.7. The maximum Gasteiger partial charge on any atom is 0.344 e. The quantitative estimate of drug-likeness (QED) is 0.450. The molecule has 1 saturated carbocycles. The Balaban J connectivity index is 1.31. The van der Waals surface area contributed by atoms with E-state index in [-0.39, 0.29) is 19.1 Å². The van der Waals surface area contributed by atoms with Crippen molar-refractivity contribution in [3.8, 4) is 0 Å². The van der Waals surface area contributed by atoms with Gasteiger partial charge in [-0.2, -0.15) is 0 Å². The lowest BCUT2D eigenvalue weighted by molar-refractivity contribution is -0.167. The van der Waals surface area contributed by atoms with Crippen LogP contribution in [0.5, 0.6) is 0 Å². The highest BCUT2D eigenvalue weighted by molar-refractivity contribution is 7.99. The van der Waals surface area contributed by atoms with Gasteiger partial charge in [0.05, 0.1) is 17.8 Å². The van der Waals surface area contributed by atoms with Gasteiger partial charge in [-0.15, -0.1) is 0 Å². The molecule has 0 spiro atoms. The molecule has 0 saturated heterocycles. The van der Waals surface area contributed by atoms with Gasteiger partial charge in [-0.3, -0.25) is 4.79 Å². The Hall–Kier alpha value is -2.47. The number of rotatable bonds is 7. The molecule has 0 N–H and O–H groups in total. The molecule has 0 amide bonds. The molecule has 0 aromatic heterocycles. The summed E-state index contributed by atoms with van der Waals surface area (Å²) >= 11 is 1.73. The molecule has 176 valence electrons. The molecule has 2 aromatic rings. The van der Waals surface area contributed by atoms with Crippen molar-refractivity contribution in [2.24, 2.45) is 17.8 Å². The second kappa shape index (κ2) is 10.6. The Bertz CT molecular complexity index is 946. The van der Waals surface area contributed by atoms with E-state index in [9.17, 15) is 9.59 Å².